The highest BCUT2D eigenvalue weighted by Gasteiger charge is 2.27. The Morgan fingerprint density at radius 1 is 1.56 bits per heavy atom. The van der Waals surface area contributed by atoms with E-state index in [1.165, 1.54) is 0 Å². The summed E-state index contributed by atoms with van der Waals surface area (Å²) in [7, 11) is 3.33. The van der Waals surface area contributed by atoms with E-state index >= 15 is 0 Å². The Morgan fingerprint density at radius 2 is 2.17 bits per heavy atom. The van der Waals surface area contributed by atoms with Crippen LogP contribution in [-0.2, 0) is 11.8 Å². The molecule has 0 radical (unpaired) electrons. The number of hydrogen-bond acceptors (Lipinski definition) is 4. The van der Waals surface area contributed by atoms with Crippen LogP contribution in [0.1, 0.15) is 31.1 Å². The van der Waals surface area contributed by atoms with Crippen molar-refractivity contribution in [1.29, 1.82) is 0 Å². The van der Waals surface area contributed by atoms with Gasteiger partial charge in [-0.05, 0) is 19.4 Å². The van der Waals surface area contributed by atoms with E-state index in [0.717, 1.165) is 5.69 Å². The normalized spacial score (nSPS) is 12.8. The second-order valence-corrected chi connectivity index (χ2v) is 4.77. The predicted molar refractivity (Wildman–Crippen MR) is 69.3 cm³/mol. The highest BCUT2D eigenvalue weighted by Crippen LogP contribution is 2.27. The molecule has 1 atom stereocenters. The molecule has 0 saturated heterocycles. The van der Waals surface area contributed by atoms with Crippen molar-refractivity contribution in [3.8, 4) is 5.88 Å². The van der Waals surface area contributed by atoms with E-state index < -0.39 is 11.9 Å². The Labute approximate surface area is 107 Å². The van der Waals surface area contributed by atoms with E-state index in [1.807, 2.05) is 6.92 Å². The van der Waals surface area contributed by atoms with Crippen molar-refractivity contribution in [1.82, 2.24) is 15.1 Å². The maximum atomic E-state index is 11.6. The van der Waals surface area contributed by atoms with Crippen LogP contribution in [0, 0.1) is 12.8 Å². The zero-order valence-corrected chi connectivity index (χ0v) is 11.7. The van der Waals surface area contributed by atoms with Gasteiger partial charge in [0.05, 0.1) is 18.4 Å². The molecule has 0 aromatic carbocycles. The topological polar surface area (TPSA) is 82.2 Å². The van der Waals surface area contributed by atoms with E-state index in [2.05, 4.69) is 24.3 Å². The summed E-state index contributed by atoms with van der Waals surface area (Å²) in [6, 6.07) is -0.573. The summed E-state index contributed by atoms with van der Waals surface area (Å²) in [5, 5.41) is 7.41. The van der Waals surface area contributed by atoms with E-state index in [0.29, 0.717) is 23.9 Å². The number of carbonyl (C=O) groups is 1. The van der Waals surface area contributed by atoms with Gasteiger partial charge < -0.3 is 15.8 Å². The second-order valence-electron chi connectivity index (χ2n) is 4.77. The Balaban J connectivity index is 3.09. The molecule has 1 amide bonds. The number of rotatable bonds is 6. The van der Waals surface area contributed by atoms with Crippen LogP contribution in [0.2, 0.25) is 0 Å². The summed E-state index contributed by atoms with van der Waals surface area (Å²) in [6.45, 7) is 6.67. The van der Waals surface area contributed by atoms with Gasteiger partial charge in [0.2, 0.25) is 11.8 Å². The Hall–Kier alpha value is -1.56. The summed E-state index contributed by atoms with van der Waals surface area (Å²) >= 11 is 0. The number of nitrogens with two attached hydrogens (primary N) is 1. The lowest BCUT2D eigenvalue weighted by atomic mass is 10.1. The van der Waals surface area contributed by atoms with Gasteiger partial charge in [0, 0.05) is 7.05 Å². The van der Waals surface area contributed by atoms with Crippen molar-refractivity contribution >= 4 is 5.91 Å². The molecule has 18 heavy (non-hydrogen) atoms. The number of nitrogens with one attached hydrogen (secondary N) is 1. The summed E-state index contributed by atoms with van der Waals surface area (Å²) in [5.41, 5.74) is 6.92. The zero-order chi connectivity index (χ0) is 13.9. The number of hydrogen-bond donors (Lipinski definition) is 2. The van der Waals surface area contributed by atoms with Crippen LogP contribution in [0.4, 0.5) is 0 Å². The van der Waals surface area contributed by atoms with Crippen molar-refractivity contribution in [2.24, 2.45) is 18.7 Å². The van der Waals surface area contributed by atoms with Gasteiger partial charge in [-0.15, -0.1) is 0 Å². The minimum absolute atomic E-state index is 0.426. The third-order valence-corrected chi connectivity index (χ3v) is 2.71. The first kappa shape index (κ1) is 14.5. The second kappa shape index (κ2) is 5.86. The molecule has 6 nitrogen and oxygen atoms in total. The fourth-order valence-electron chi connectivity index (χ4n) is 1.93. The van der Waals surface area contributed by atoms with Crippen LogP contribution in [0.5, 0.6) is 5.88 Å². The average Bonchev–Trinajstić information content (AvgIpc) is 2.53. The van der Waals surface area contributed by atoms with E-state index in [9.17, 15) is 4.79 Å². The standard InChI is InChI=1S/C12H22N4O2/c1-7(2)6-14-10(11(13)17)9-8(3)15-16(4)12(9)18-5/h7,10,14H,6H2,1-5H3,(H2,13,17). The van der Waals surface area contributed by atoms with Gasteiger partial charge in [0.15, 0.2) is 0 Å². The number of methoxy groups -OCH3 is 1. The molecule has 0 spiro atoms. The van der Waals surface area contributed by atoms with Crippen molar-refractivity contribution in [2.45, 2.75) is 26.8 Å². The largest absolute Gasteiger partial charge is 0.481 e. The molecule has 102 valence electrons. The fraction of sp³-hybridized carbons (Fsp3) is 0.667. The Kier molecular flexibility index (Phi) is 4.72. The number of amides is 1. The third kappa shape index (κ3) is 3.01. The van der Waals surface area contributed by atoms with Gasteiger partial charge in [0.1, 0.15) is 6.04 Å². The predicted octanol–water partition coefficient (Wildman–Crippen LogP) is 0.509. The molecule has 0 aliphatic rings. The third-order valence-electron chi connectivity index (χ3n) is 2.71. The van der Waals surface area contributed by atoms with E-state index in [-0.39, 0.29) is 0 Å². The van der Waals surface area contributed by atoms with Gasteiger partial charge in [0.25, 0.3) is 0 Å². The van der Waals surface area contributed by atoms with Crippen LogP contribution < -0.4 is 15.8 Å². The minimum Gasteiger partial charge on any atom is -0.481 e. The van der Waals surface area contributed by atoms with Gasteiger partial charge in [-0.2, -0.15) is 5.10 Å². The molecule has 0 saturated carbocycles. The first-order valence-electron chi connectivity index (χ1n) is 5.98. The molecule has 0 aliphatic carbocycles. The average molecular weight is 254 g/mol. The summed E-state index contributed by atoms with van der Waals surface area (Å²) in [4.78, 5) is 11.6. The molecule has 0 aliphatic heterocycles. The van der Waals surface area contributed by atoms with Crippen LogP contribution in [0.25, 0.3) is 0 Å². The summed E-state index contributed by atoms with van der Waals surface area (Å²) in [6.07, 6.45) is 0. The van der Waals surface area contributed by atoms with Crippen LogP contribution in [0.15, 0.2) is 0 Å². The minimum atomic E-state index is -0.573. The SMILES string of the molecule is COc1c(C(NCC(C)C)C(N)=O)c(C)nn1C. The van der Waals surface area contributed by atoms with Gasteiger partial charge in [-0.1, -0.05) is 13.8 Å². The molecule has 1 aromatic heterocycles. The number of primary amides is 1. The number of ether oxygens (including phenoxy) is 1. The van der Waals surface area contributed by atoms with Crippen LogP contribution in [0.3, 0.4) is 0 Å². The quantitative estimate of drug-likeness (QED) is 0.775. The van der Waals surface area contributed by atoms with Crippen molar-refractivity contribution in [3.05, 3.63) is 11.3 Å². The highest BCUT2D eigenvalue weighted by atomic mass is 16.5. The monoisotopic (exact) mass is 254 g/mol. The lowest BCUT2D eigenvalue weighted by Gasteiger charge is -2.17. The van der Waals surface area contributed by atoms with E-state index in [4.69, 9.17) is 10.5 Å². The molecule has 1 heterocycles. The smallest absolute Gasteiger partial charge is 0.239 e. The summed E-state index contributed by atoms with van der Waals surface area (Å²) in [5.74, 6) is 0.562. The maximum absolute atomic E-state index is 11.6. The Bertz CT molecular complexity index is 426. The molecular formula is C12H22N4O2. The number of nitrogens with zero attached hydrogens (tertiary/aromatic N) is 2. The number of aryl methyl sites for hydroxylation is 2. The molecular weight excluding hydrogens is 232 g/mol. The maximum Gasteiger partial charge on any atom is 0.239 e. The highest BCUT2D eigenvalue weighted by molar-refractivity contribution is 5.82. The van der Waals surface area contributed by atoms with Gasteiger partial charge >= 0.3 is 0 Å². The fourth-order valence-corrected chi connectivity index (χ4v) is 1.93. The first-order chi connectivity index (χ1) is 8.38. The lowest BCUT2D eigenvalue weighted by molar-refractivity contribution is -0.120. The lowest BCUT2D eigenvalue weighted by Crippen LogP contribution is -2.36. The zero-order valence-electron chi connectivity index (χ0n) is 11.7. The van der Waals surface area contributed by atoms with Crippen molar-refractivity contribution in [3.63, 3.8) is 0 Å². The van der Waals surface area contributed by atoms with Gasteiger partial charge in [-0.3, -0.25) is 4.79 Å². The van der Waals surface area contributed by atoms with Crippen molar-refractivity contribution in [2.75, 3.05) is 13.7 Å². The van der Waals surface area contributed by atoms with Crippen LogP contribution in [-0.4, -0.2) is 29.3 Å². The molecule has 6 heteroatoms. The van der Waals surface area contributed by atoms with E-state index in [1.54, 1.807) is 18.8 Å². The molecule has 0 fully saturated rings. The van der Waals surface area contributed by atoms with Crippen molar-refractivity contribution < 1.29 is 9.53 Å². The molecule has 3 N–H and O–H groups in total. The number of aromatic nitrogens is 2. The first-order valence-corrected chi connectivity index (χ1v) is 5.98. The number of carbonyl (C=O) groups excluding carboxylic acids is 1. The molecule has 1 unspecified atom stereocenters. The summed E-state index contributed by atoms with van der Waals surface area (Å²) < 4.78 is 6.90. The molecule has 1 rings (SSSR count). The molecule has 0 bridgehead atoms. The van der Waals surface area contributed by atoms with Crippen LogP contribution >= 0.6 is 0 Å². The van der Waals surface area contributed by atoms with Gasteiger partial charge in [-0.25, -0.2) is 4.68 Å². The Morgan fingerprint density at radius 3 is 2.61 bits per heavy atom. The molecule has 1 aromatic rings.